The fraction of sp³-hybridized carbons (Fsp3) is 0.529. The van der Waals surface area contributed by atoms with E-state index in [2.05, 4.69) is 56.2 Å². The standard InChI is InChI=1S/C17H25N/c1-4-14(2)13-16(18-3)17(11-8-12-17)15-9-6-5-7-10-15/h5-7,9-10,16,18H,2,4,8,11-13H2,1,3H3. The molecule has 1 atom stereocenters. The molecule has 1 unspecified atom stereocenters. The van der Waals surface area contributed by atoms with Crippen molar-refractivity contribution in [3.05, 3.63) is 48.0 Å². The number of hydrogen-bond acceptors (Lipinski definition) is 1. The average Bonchev–Trinajstić information content (AvgIpc) is 2.37. The molecule has 1 aliphatic carbocycles. The molecule has 0 heterocycles. The summed E-state index contributed by atoms with van der Waals surface area (Å²) in [6.45, 7) is 6.39. The van der Waals surface area contributed by atoms with E-state index in [-0.39, 0.29) is 0 Å². The lowest BCUT2D eigenvalue weighted by molar-refractivity contribution is 0.173. The molecule has 0 amide bonds. The van der Waals surface area contributed by atoms with Crippen LogP contribution in [0, 0.1) is 0 Å². The van der Waals surface area contributed by atoms with E-state index in [0.29, 0.717) is 11.5 Å². The second-order valence-corrected chi connectivity index (χ2v) is 5.52. The molecule has 0 spiro atoms. The van der Waals surface area contributed by atoms with E-state index < -0.39 is 0 Å². The van der Waals surface area contributed by atoms with Gasteiger partial charge in [-0.05, 0) is 38.3 Å². The number of nitrogens with one attached hydrogen (secondary N) is 1. The minimum atomic E-state index is 0.341. The molecular weight excluding hydrogens is 218 g/mol. The van der Waals surface area contributed by atoms with Crippen LogP contribution in [-0.2, 0) is 5.41 Å². The van der Waals surface area contributed by atoms with Crippen molar-refractivity contribution in [3.8, 4) is 0 Å². The highest BCUT2D eigenvalue weighted by molar-refractivity contribution is 5.31. The molecule has 0 aromatic heterocycles. The van der Waals surface area contributed by atoms with Crippen molar-refractivity contribution in [1.29, 1.82) is 0 Å². The molecule has 18 heavy (non-hydrogen) atoms. The summed E-state index contributed by atoms with van der Waals surface area (Å²) >= 11 is 0. The average molecular weight is 243 g/mol. The highest BCUT2D eigenvalue weighted by atomic mass is 14.9. The van der Waals surface area contributed by atoms with Crippen molar-refractivity contribution < 1.29 is 0 Å². The molecular formula is C17H25N. The van der Waals surface area contributed by atoms with Gasteiger partial charge in [0.15, 0.2) is 0 Å². The Morgan fingerprint density at radius 3 is 2.44 bits per heavy atom. The van der Waals surface area contributed by atoms with Crippen LogP contribution in [0.2, 0.25) is 0 Å². The molecule has 0 radical (unpaired) electrons. The lowest BCUT2D eigenvalue weighted by atomic mass is 9.59. The summed E-state index contributed by atoms with van der Waals surface area (Å²) in [6, 6.07) is 11.5. The van der Waals surface area contributed by atoms with Gasteiger partial charge in [-0.25, -0.2) is 0 Å². The predicted octanol–water partition coefficient (Wildman–Crippen LogP) is 4.05. The summed E-state index contributed by atoms with van der Waals surface area (Å²) in [6.07, 6.45) is 6.15. The van der Waals surface area contributed by atoms with E-state index in [1.165, 1.54) is 30.4 Å². The van der Waals surface area contributed by atoms with Crippen molar-refractivity contribution in [1.82, 2.24) is 5.32 Å². The molecule has 0 bridgehead atoms. The molecule has 1 aromatic rings. The SMILES string of the molecule is C=C(CC)CC(NC)C1(c2ccccc2)CCC1. The maximum absolute atomic E-state index is 4.19. The molecule has 1 aromatic carbocycles. The smallest absolute Gasteiger partial charge is 0.0198 e. The highest BCUT2D eigenvalue weighted by Crippen LogP contribution is 2.47. The Labute approximate surface area is 111 Å². The molecule has 2 rings (SSSR count). The van der Waals surface area contributed by atoms with Gasteiger partial charge in [0.1, 0.15) is 0 Å². The Hall–Kier alpha value is -1.08. The van der Waals surface area contributed by atoms with Crippen LogP contribution in [0.15, 0.2) is 42.5 Å². The molecule has 1 N–H and O–H groups in total. The predicted molar refractivity (Wildman–Crippen MR) is 78.9 cm³/mol. The molecule has 1 heteroatoms. The van der Waals surface area contributed by atoms with Gasteiger partial charge >= 0.3 is 0 Å². The fourth-order valence-corrected chi connectivity index (χ4v) is 3.17. The van der Waals surface area contributed by atoms with E-state index in [1.54, 1.807) is 0 Å². The zero-order valence-electron chi connectivity index (χ0n) is 11.7. The summed E-state index contributed by atoms with van der Waals surface area (Å²) in [7, 11) is 2.09. The van der Waals surface area contributed by atoms with E-state index in [1.807, 2.05) is 0 Å². The monoisotopic (exact) mass is 243 g/mol. The number of hydrogen-bond donors (Lipinski definition) is 1. The van der Waals surface area contributed by atoms with Gasteiger partial charge in [0, 0.05) is 11.5 Å². The Morgan fingerprint density at radius 2 is 2.00 bits per heavy atom. The molecule has 1 nitrogen and oxygen atoms in total. The third-order valence-corrected chi connectivity index (χ3v) is 4.60. The first-order chi connectivity index (χ1) is 8.73. The molecule has 1 saturated carbocycles. The van der Waals surface area contributed by atoms with Gasteiger partial charge in [-0.15, -0.1) is 0 Å². The number of benzene rings is 1. The van der Waals surface area contributed by atoms with Crippen LogP contribution >= 0.6 is 0 Å². The normalized spacial score (nSPS) is 19.0. The lowest BCUT2D eigenvalue weighted by Gasteiger charge is -2.48. The molecule has 0 aliphatic heterocycles. The van der Waals surface area contributed by atoms with E-state index in [0.717, 1.165) is 12.8 Å². The topological polar surface area (TPSA) is 12.0 Å². The summed E-state index contributed by atoms with van der Waals surface area (Å²) in [5.74, 6) is 0. The zero-order valence-corrected chi connectivity index (χ0v) is 11.7. The fourth-order valence-electron chi connectivity index (χ4n) is 3.17. The minimum Gasteiger partial charge on any atom is -0.316 e. The van der Waals surface area contributed by atoms with Gasteiger partial charge in [-0.2, -0.15) is 0 Å². The van der Waals surface area contributed by atoms with Crippen LogP contribution in [-0.4, -0.2) is 13.1 Å². The highest BCUT2D eigenvalue weighted by Gasteiger charge is 2.44. The van der Waals surface area contributed by atoms with Crippen LogP contribution in [0.3, 0.4) is 0 Å². The van der Waals surface area contributed by atoms with Crippen LogP contribution in [0.1, 0.15) is 44.6 Å². The van der Waals surface area contributed by atoms with Crippen molar-refractivity contribution in [2.24, 2.45) is 0 Å². The maximum Gasteiger partial charge on any atom is 0.0198 e. The first kappa shape index (κ1) is 13.4. The Morgan fingerprint density at radius 1 is 1.33 bits per heavy atom. The third-order valence-electron chi connectivity index (χ3n) is 4.60. The van der Waals surface area contributed by atoms with Gasteiger partial charge in [-0.3, -0.25) is 0 Å². The molecule has 1 aliphatic rings. The van der Waals surface area contributed by atoms with Crippen molar-refractivity contribution in [2.75, 3.05) is 7.05 Å². The maximum atomic E-state index is 4.19. The second kappa shape index (κ2) is 5.71. The Bertz CT molecular complexity index is 389. The van der Waals surface area contributed by atoms with Gasteiger partial charge in [0.05, 0.1) is 0 Å². The first-order valence-corrected chi connectivity index (χ1v) is 7.12. The molecule has 0 saturated heterocycles. The second-order valence-electron chi connectivity index (χ2n) is 5.52. The van der Waals surface area contributed by atoms with Gasteiger partial charge < -0.3 is 5.32 Å². The van der Waals surface area contributed by atoms with Gasteiger partial charge in [0.25, 0.3) is 0 Å². The largest absolute Gasteiger partial charge is 0.316 e. The van der Waals surface area contributed by atoms with E-state index in [4.69, 9.17) is 0 Å². The summed E-state index contributed by atoms with van der Waals surface area (Å²) in [5.41, 5.74) is 3.20. The van der Waals surface area contributed by atoms with E-state index >= 15 is 0 Å². The van der Waals surface area contributed by atoms with Crippen LogP contribution in [0.25, 0.3) is 0 Å². The van der Waals surface area contributed by atoms with Crippen molar-refractivity contribution in [3.63, 3.8) is 0 Å². The zero-order chi connectivity index (χ0) is 13.0. The summed E-state index contributed by atoms with van der Waals surface area (Å²) in [4.78, 5) is 0. The number of likely N-dealkylation sites (N-methyl/N-ethyl adjacent to an activating group) is 1. The summed E-state index contributed by atoms with van der Waals surface area (Å²) < 4.78 is 0. The van der Waals surface area contributed by atoms with E-state index in [9.17, 15) is 0 Å². The van der Waals surface area contributed by atoms with Crippen LogP contribution < -0.4 is 5.32 Å². The number of rotatable bonds is 6. The minimum absolute atomic E-state index is 0.341. The van der Waals surface area contributed by atoms with Gasteiger partial charge in [0.2, 0.25) is 0 Å². The summed E-state index contributed by atoms with van der Waals surface area (Å²) in [5, 5.41) is 3.55. The Balaban J connectivity index is 2.23. The van der Waals surface area contributed by atoms with Crippen molar-refractivity contribution >= 4 is 0 Å². The lowest BCUT2D eigenvalue weighted by Crippen LogP contribution is -2.51. The van der Waals surface area contributed by atoms with Crippen LogP contribution in [0.5, 0.6) is 0 Å². The third kappa shape index (κ3) is 2.37. The molecule has 1 fully saturated rings. The molecule has 98 valence electrons. The first-order valence-electron chi connectivity index (χ1n) is 7.12. The van der Waals surface area contributed by atoms with Gasteiger partial charge in [-0.1, -0.05) is 55.8 Å². The Kier molecular flexibility index (Phi) is 4.23. The van der Waals surface area contributed by atoms with Crippen molar-refractivity contribution in [2.45, 2.75) is 50.5 Å². The van der Waals surface area contributed by atoms with Crippen LogP contribution in [0.4, 0.5) is 0 Å². The quantitative estimate of drug-likeness (QED) is 0.743.